The molecule has 0 radical (unpaired) electrons. The second-order valence-electron chi connectivity index (χ2n) is 5.82. The van der Waals surface area contributed by atoms with Gasteiger partial charge in [-0.25, -0.2) is 0 Å². The highest BCUT2D eigenvalue weighted by molar-refractivity contribution is 5.78. The predicted octanol–water partition coefficient (Wildman–Crippen LogP) is 2.97. The average molecular weight is 357 g/mol. The van der Waals surface area contributed by atoms with Gasteiger partial charge < -0.3 is 19.9 Å². The van der Waals surface area contributed by atoms with Gasteiger partial charge in [0.25, 0.3) is 0 Å². The minimum Gasteiger partial charge on any atom is -0.493 e. The summed E-state index contributed by atoms with van der Waals surface area (Å²) in [6.07, 6.45) is 0.602. The number of carbonyl (C=O) groups is 2. The largest absolute Gasteiger partial charge is 0.493 e. The Morgan fingerprint density at radius 3 is 2.35 bits per heavy atom. The summed E-state index contributed by atoms with van der Waals surface area (Å²) >= 11 is 0. The van der Waals surface area contributed by atoms with Gasteiger partial charge in [0, 0.05) is 6.42 Å². The number of nitrogens with one attached hydrogen (secondary N) is 1. The lowest BCUT2D eigenvalue weighted by Crippen LogP contribution is -2.30. The average Bonchev–Trinajstić information content (AvgIpc) is 2.66. The number of aryl methyl sites for hydroxylation is 1. The minimum absolute atomic E-state index is 0.161. The quantitative estimate of drug-likeness (QED) is 0.721. The third-order valence-electron chi connectivity index (χ3n) is 4.00. The Balaban J connectivity index is 1.99. The first kappa shape index (κ1) is 19.3. The highest BCUT2D eigenvalue weighted by Gasteiger charge is 2.18. The van der Waals surface area contributed by atoms with E-state index in [4.69, 9.17) is 14.6 Å². The van der Waals surface area contributed by atoms with E-state index in [-0.39, 0.29) is 18.7 Å². The lowest BCUT2D eigenvalue weighted by atomic mass is 10.0. The van der Waals surface area contributed by atoms with Gasteiger partial charge in [-0.05, 0) is 29.7 Å². The number of hydrogen-bond donors (Lipinski definition) is 2. The SMILES string of the molecule is COc1ccc(CCC(=O)N[C@H](CC(=O)O)c2ccccc2)cc1OC. The third kappa shape index (κ3) is 5.51. The van der Waals surface area contributed by atoms with E-state index in [0.29, 0.717) is 17.9 Å². The van der Waals surface area contributed by atoms with E-state index >= 15 is 0 Å². The van der Waals surface area contributed by atoms with Crippen LogP contribution in [0.3, 0.4) is 0 Å². The topological polar surface area (TPSA) is 84.9 Å². The second kappa shape index (κ2) is 9.46. The number of hydrogen-bond acceptors (Lipinski definition) is 4. The van der Waals surface area contributed by atoms with Crippen molar-refractivity contribution in [2.75, 3.05) is 14.2 Å². The summed E-state index contributed by atoms with van der Waals surface area (Å²) in [5.74, 6) is 0.0821. The van der Waals surface area contributed by atoms with Crippen LogP contribution in [0.5, 0.6) is 11.5 Å². The lowest BCUT2D eigenvalue weighted by molar-refractivity contribution is -0.137. The predicted molar refractivity (Wildman–Crippen MR) is 97.4 cm³/mol. The number of carbonyl (C=O) groups excluding carboxylic acids is 1. The molecular weight excluding hydrogens is 334 g/mol. The fourth-order valence-corrected chi connectivity index (χ4v) is 2.67. The third-order valence-corrected chi connectivity index (χ3v) is 4.00. The molecule has 0 heterocycles. The molecule has 0 unspecified atom stereocenters. The fraction of sp³-hybridized carbons (Fsp3) is 0.300. The molecule has 2 rings (SSSR count). The van der Waals surface area contributed by atoms with Gasteiger partial charge >= 0.3 is 5.97 Å². The molecule has 0 bridgehead atoms. The molecule has 138 valence electrons. The lowest BCUT2D eigenvalue weighted by Gasteiger charge is -2.17. The molecule has 0 saturated carbocycles. The van der Waals surface area contributed by atoms with Gasteiger partial charge in [-0.3, -0.25) is 9.59 Å². The van der Waals surface area contributed by atoms with Crippen LogP contribution in [-0.2, 0) is 16.0 Å². The Kier molecular flexibility index (Phi) is 7.02. The molecule has 0 aliphatic rings. The zero-order chi connectivity index (χ0) is 18.9. The van der Waals surface area contributed by atoms with E-state index in [1.54, 1.807) is 20.3 Å². The first-order valence-electron chi connectivity index (χ1n) is 8.30. The van der Waals surface area contributed by atoms with Gasteiger partial charge in [0.2, 0.25) is 5.91 Å². The number of carboxylic acid groups (broad SMARTS) is 1. The summed E-state index contributed by atoms with van der Waals surface area (Å²) in [5.41, 5.74) is 1.71. The first-order chi connectivity index (χ1) is 12.5. The molecule has 2 N–H and O–H groups in total. The van der Waals surface area contributed by atoms with E-state index < -0.39 is 12.0 Å². The molecule has 6 nitrogen and oxygen atoms in total. The molecule has 0 spiro atoms. The Hall–Kier alpha value is -3.02. The van der Waals surface area contributed by atoms with E-state index in [0.717, 1.165) is 11.1 Å². The summed E-state index contributed by atoms with van der Waals surface area (Å²) in [4.78, 5) is 23.4. The maximum Gasteiger partial charge on any atom is 0.305 e. The van der Waals surface area contributed by atoms with Crippen LogP contribution in [0.2, 0.25) is 0 Å². The molecule has 0 fully saturated rings. The maximum atomic E-state index is 12.3. The minimum atomic E-state index is -0.959. The summed E-state index contributed by atoms with van der Waals surface area (Å²) in [6, 6.07) is 14.1. The smallest absolute Gasteiger partial charge is 0.305 e. The highest BCUT2D eigenvalue weighted by atomic mass is 16.5. The molecule has 0 saturated heterocycles. The summed E-state index contributed by atoms with van der Waals surface area (Å²) < 4.78 is 10.5. The van der Waals surface area contributed by atoms with Crippen molar-refractivity contribution >= 4 is 11.9 Å². The second-order valence-corrected chi connectivity index (χ2v) is 5.82. The number of methoxy groups -OCH3 is 2. The Morgan fingerprint density at radius 1 is 1.04 bits per heavy atom. The fourth-order valence-electron chi connectivity index (χ4n) is 2.67. The molecule has 0 aromatic heterocycles. The molecule has 2 aromatic carbocycles. The van der Waals surface area contributed by atoms with Crippen LogP contribution in [0.25, 0.3) is 0 Å². The summed E-state index contributed by atoms with van der Waals surface area (Å²) in [5, 5.41) is 11.9. The van der Waals surface area contributed by atoms with Gasteiger partial charge in [-0.1, -0.05) is 36.4 Å². The van der Waals surface area contributed by atoms with Crippen molar-refractivity contribution < 1.29 is 24.2 Å². The molecule has 26 heavy (non-hydrogen) atoms. The van der Waals surface area contributed by atoms with E-state index in [2.05, 4.69) is 5.32 Å². The number of amides is 1. The normalized spacial score (nSPS) is 11.5. The van der Waals surface area contributed by atoms with Crippen LogP contribution in [-0.4, -0.2) is 31.2 Å². The monoisotopic (exact) mass is 357 g/mol. The zero-order valence-electron chi connectivity index (χ0n) is 14.9. The Bertz CT molecular complexity index is 745. The van der Waals surface area contributed by atoms with Crippen LogP contribution in [0, 0.1) is 0 Å². The Labute approximate surface area is 152 Å². The van der Waals surface area contributed by atoms with Gasteiger partial charge in [-0.15, -0.1) is 0 Å². The number of aliphatic carboxylic acids is 1. The Morgan fingerprint density at radius 2 is 1.73 bits per heavy atom. The number of rotatable bonds is 9. The molecule has 6 heteroatoms. The van der Waals surface area contributed by atoms with E-state index in [1.165, 1.54) is 0 Å². The molecule has 1 amide bonds. The number of benzene rings is 2. The first-order valence-corrected chi connectivity index (χ1v) is 8.30. The zero-order valence-corrected chi connectivity index (χ0v) is 14.9. The van der Waals surface area contributed by atoms with Crippen LogP contribution >= 0.6 is 0 Å². The number of carboxylic acids is 1. The van der Waals surface area contributed by atoms with Crippen LogP contribution in [0.15, 0.2) is 48.5 Å². The summed E-state index contributed by atoms with van der Waals surface area (Å²) in [6.45, 7) is 0. The van der Waals surface area contributed by atoms with Crippen LogP contribution in [0.1, 0.15) is 30.0 Å². The van der Waals surface area contributed by atoms with Crippen LogP contribution < -0.4 is 14.8 Å². The van der Waals surface area contributed by atoms with Crippen molar-refractivity contribution in [3.05, 3.63) is 59.7 Å². The standard InChI is InChI=1S/C20H23NO5/c1-25-17-10-8-14(12-18(17)26-2)9-11-19(22)21-16(13-20(23)24)15-6-4-3-5-7-15/h3-8,10,12,16H,9,11,13H2,1-2H3,(H,21,22)(H,23,24)/t16-/m1/s1. The molecule has 2 aromatic rings. The maximum absolute atomic E-state index is 12.3. The van der Waals surface area contributed by atoms with E-state index in [9.17, 15) is 9.59 Å². The van der Waals surface area contributed by atoms with Gasteiger partial charge in [-0.2, -0.15) is 0 Å². The van der Waals surface area contributed by atoms with Gasteiger partial charge in [0.15, 0.2) is 11.5 Å². The van der Waals surface area contributed by atoms with Crippen molar-refractivity contribution in [2.24, 2.45) is 0 Å². The highest BCUT2D eigenvalue weighted by Crippen LogP contribution is 2.28. The van der Waals surface area contributed by atoms with Crippen molar-refractivity contribution in [2.45, 2.75) is 25.3 Å². The van der Waals surface area contributed by atoms with Crippen LogP contribution in [0.4, 0.5) is 0 Å². The van der Waals surface area contributed by atoms with Crippen molar-refractivity contribution in [3.63, 3.8) is 0 Å². The van der Waals surface area contributed by atoms with Crippen molar-refractivity contribution in [1.29, 1.82) is 0 Å². The van der Waals surface area contributed by atoms with Crippen molar-refractivity contribution in [3.8, 4) is 11.5 Å². The molecular formula is C20H23NO5. The van der Waals surface area contributed by atoms with Gasteiger partial charge in [0.1, 0.15) is 0 Å². The molecule has 0 aliphatic heterocycles. The van der Waals surface area contributed by atoms with E-state index in [1.807, 2.05) is 42.5 Å². The molecule has 0 aliphatic carbocycles. The molecule has 1 atom stereocenters. The van der Waals surface area contributed by atoms with Crippen molar-refractivity contribution in [1.82, 2.24) is 5.32 Å². The summed E-state index contributed by atoms with van der Waals surface area (Å²) in [7, 11) is 3.13. The van der Waals surface area contributed by atoms with Gasteiger partial charge in [0.05, 0.1) is 26.7 Å². The number of ether oxygens (including phenoxy) is 2.